The second kappa shape index (κ2) is 6.94. The third kappa shape index (κ3) is 3.19. The Bertz CT molecular complexity index is 959. The summed E-state index contributed by atoms with van der Waals surface area (Å²) in [4.78, 5) is 0.150. The van der Waals surface area contributed by atoms with Gasteiger partial charge in [0.25, 0.3) is 0 Å². The summed E-state index contributed by atoms with van der Waals surface area (Å²) in [5.41, 5.74) is 1.05. The number of sulfonamides is 1. The molecule has 144 valence electrons. The van der Waals surface area contributed by atoms with Crippen LogP contribution < -0.4 is 18.9 Å². The molecule has 1 fully saturated rings. The molecular formula is C19H21NO6S. The monoisotopic (exact) mass is 391 g/mol. The van der Waals surface area contributed by atoms with Gasteiger partial charge < -0.3 is 18.9 Å². The number of nitrogens with zero attached hydrogens (tertiary/aromatic N) is 1. The zero-order valence-electron chi connectivity index (χ0n) is 15.2. The number of ether oxygens (including phenoxy) is 4. The van der Waals surface area contributed by atoms with E-state index in [1.165, 1.54) is 24.6 Å². The highest BCUT2D eigenvalue weighted by Crippen LogP contribution is 2.39. The number of benzene rings is 2. The highest BCUT2D eigenvalue weighted by molar-refractivity contribution is 7.89. The largest absolute Gasteiger partial charge is 0.497 e. The van der Waals surface area contributed by atoms with Gasteiger partial charge in [-0.2, -0.15) is 4.31 Å². The molecule has 1 unspecified atom stereocenters. The van der Waals surface area contributed by atoms with Crippen LogP contribution in [0.4, 0.5) is 0 Å². The molecule has 2 aliphatic rings. The van der Waals surface area contributed by atoms with Crippen LogP contribution in [0.25, 0.3) is 0 Å². The van der Waals surface area contributed by atoms with Gasteiger partial charge in [-0.3, -0.25) is 0 Å². The van der Waals surface area contributed by atoms with Crippen LogP contribution in [-0.4, -0.2) is 46.8 Å². The minimum absolute atomic E-state index is 0.110. The van der Waals surface area contributed by atoms with Crippen molar-refractivity contribution in [3.05, 3.63) is 42.0 Å². The smallest absolute Gasteiger partial charge is 0.246 e. The summed E-state index contributed by atoms with van der Waals surface area (Å²) in [6.07, 6.45) is 0.747. The van der Waals surface area contributed by atoms with E-state index in [0.717, 1.165) is 17.7 Å². The van der Waals surface area contributed by atoms with Gasteiger partial charge in [0.15, 0.2) is 11.5 Å². The van der Waals surface area contributed by atoms with E-state index in [1.807, 2.05) is 18.2 Å². The lowest BCUT2D eigenvalue weighted by Crippen LogP contribution is -2.29. The van der Waals surface area contributed by atoms with Crippen molar-refractivity contribution in [2.75, 3.05) is 34.1 Å². The van der Waals surface area contributed by atoms with Crippen molar-refractivity contribution >= 4 is 10.0 Å². The molecule has 0 spiro atoms. The van der Waals surface area contributed by atoms with Gasteiger partial charge in [-0.25, -0.2) is 8.42 Å². The zero-order chi connectivity index (χ0) is 19.0. The minimum Gasteiger partial charge on any atom is -0.497 e. The number of hydrogen-bond donors (Lipinski definition) is 0. The highest BCUT2D eigenvalue weighted by Gasteiger charge is 2.35. The van der Waals surface area contributed by atoms with Gasteiger partial charge in [-0.15, -0.1) is 0 Å². The van der Waals surface area contributed by atoms with Crippen LogP contribution in [0.2, 0.25) is 0 Å². The standard InChI is InChI=1S/C19H21NO6S/c1-23-15-4-6-19(18(10-15)24-2)27(21,22)20-8-7-14(11-20)13-3-5-16-17(9-13)26-12-25-16/h3-6,9-10,14H,7-8,11-12H2,1-2H3. The summed E-state index contributed by atoms with van der Waals surface area (Å²) < 4.78 is 49.0. The molecule has 2 aromatic carbocycles. The molecule has 2 aromatic rings. The molecule has 0 bridgehead atoms. The Morgan fingerprint density at radius 1 is 1.04 bits per heavy atom. The number of fused-ring (bicyclic) bond motifs is 1. The zero-order valence-corrected chi connectivity index (χ0v) is 16.0. The normalized spacial score (nSPS) is 19.3. The van der Waals surface area contributed by atoms with Crippen LogP contribution in [0.3, 0.4) is 0 Å². The van der Waals surface area contributed by atoms with Crippen LogP contribution >= 0.6 is 0 Å². The lowest BCUT2D eigenvalue weighted by molar-refractivity contribution is 0.174. The van der Waals surface area contributed by atoms with Crippen LogP contribution in [0.5, 0.6) is 23.0 Å². The summed E-state index contributed by atoms with van der Waals surface area (Å²) in [6.45, 7) is 1.09. The molecule has 2 heterocycles. The van der Waals surface area contributed by atoms with Crippen molar-refractivity contribution in [1.82, 2.24) is 4.31 Å². The Balaban J connectivity index is 1.58. The van der Waals surface area contributed by atoms with Gasteiger partial charge in [-0.1, -0.05) is 6.07 Å². The second-order valence-corrected chi connectivity index (χ2v) is 8.38. The van der Waals surface area contributed by atoms with E-state index in [4.69, 9.17) is 18.9 Å². The summed E-state index contributed by atoms with van der Waals surface area (Å²) in [5, 5.41) is 0. The first-order valence-corrected chi connectivity index (χ1v) is 10.1. The summed E-state index contributed by atoms with van der Waals surface area (Å²) in [5.74, 6) is 2.37. The average Bonchev–Trinajstić information content (AvgIpc) is 3.36. The first kappa shape index (κ1) is 17.9. The molecule has 8 heteroatoms. The molecule has 27 heavy (non-hydrogen) atoms. The molecule has 0 saturated carbocycles. The Kier molecular flexibility index (Phi) is 4.61. The van der Waals surface area contributed by atoms with Gasteiger partial charge in [0.2, 0.25) is 16.8 Å². The van der Waals surface area contributed by atoms with E-state index in [0.29, 0.717) is 24.6 Å². The van der Waals surface area contributed by atoms with Crippen molar-refractivity contribution < 1.29 is 27.4 Å². The van der Waals surface area contributed by atoms with Gasteiger partial charge >= 0.3 is 0 Å². The van der Waals surface area contributed by atoms with Crippen LogP contribution in [0, 0.1) is 0 Å². The molecule has 0 radical (unpaired) electrons. The molecule has 0 amide bonds. The van der Waals surface area contributed by atoms with E-state index in [9.17, 15) is 8.42 Å². The van der Waals surface area contributed by atoms with Crippen LogP contribution in [-0.2, 0) is 10.0 Å². The van der Waals surface area contributed by atoms with Crippen molar-refractivity contribution in [3.63, 3.8) is 0 Å². The summed E-state index contributed by atoms with van der Waals surface area (Å²) in [7, 11) is -0.683. The Morgan fingerprint density at radius 2 is 1.85 bits per heavy atom. The lowest BCUT2D eigenvalue weighted by Gasteiger charge is -2.19. The highest BCUT2D eigenvalue weighted by atomic mass is 32.2. The second-order valence-electron chi connectivity index (χ2n) is 6.48. The van der Waals surface area contributed by atoms with E-state index >= 15 is 0 Å². The van der Waals surface area contributed by atoms with Gasteiger partial charge in [0.1, 0.15) is 16.4 Å². The molecule has 1 saturated heterocycles. The van der Waals surface area contributed by atoms with E-state index in [-0.39, 0.29) is 23.4 Å². The van der Waals surface area contributed by atoms with Crippen molar-refractivity contribution in [2.24, 2.45) is 0 Å². The van der Waals surface area contributed by atoms with E-state index in [1.54, 1.807) is 12.1 Å². The van der Waals surface area contributed by atoms with E-state index < -0.39 is 10.0 Å². The SMILES string of the molecule is COc1ccc(S(=O)(=O)N2CCC(c3ccc4c(c3)OCO4)C2)c(OC)c1. The Morgan fingerprint density at radius 3 is 2.63 bits per heavy atom. The summed E-state index contributed by atoms with van der Waals surface area (Å²) >= 11 is 0. The maximum atomic E-state index is 13.1. The van der Waals surface area contributed by atoms with Crippen molar-refractivity contribution in [2.45, 2.75) is 17.2 Å². The third-order valence-electron chi connectivity index (χ3n) is 5.01. The third-order valence-corrected chi connectivity index (χ3v) is 6.91. The van der Waals surface area contributed by atoms with E-state index in [2.05, 4.69) is 0 Å². The van der Waals surface area contributed by atoms with Gasteiger partial charge in [-0.05, 0) is 42.2 Å². The fourth-order valence-corrected chi connectivity index (χ4v) is 5.15. The fraction of sp³-hybridized carbons (Fsp3) is 0.368. The molecule has 0 aromatic heterocycles. The molecule has 1 atom stereocenters. The number of methoxy groups -OCH3 is 2. The minimum atomic E-state index is -3.66. The van der Waals surface area contributed by atoms with Crippen molar-refractivity contribution in [3.8, 4) is 23.0 Å². The maximum Gasteiger partial charge on any atom is 0.246 e. The molecule has 4 rings (SSSR count). The fourth-order valence-electron chi connectivity index (χ4n) is 3.51. The Hall–Kier alpha value is -2.45. The lowest BCUT2D eigenvalue weighted by atomic mass is 9.98. The van der Waals surface area contributed by atoms with Gasteiger partial charge in [0, 0.05) is 19.2 Å². The van der Waals surface area contributed by atoms with Crippen LogP contribution in [0.1, 0.15) is 17.9 Å². The summed E-state index contributed by atoms with van der Waals surface area (Å²) in [6, 6.07) is 10.5. The molecule has 0 N–H and O–H groups in total. The maximum absolute atomic E-state index is 13.1. The quantitative estimate of drug-likeness (QED) is 0.780. The first-order chi connectivity index (χ1) is 13.0. The predicted molar refractivity (Wildman–Crippen MR) is 98.2 cm³/mol. The molecular weight excluding hydrogens is 370 g/mol. The van der Waals surface area contributed by atoms with Crippen LogP contribution in [0.15, 0.2) is 41.3 Å². The molecule has 2 aliphatic heterocycles. The molecule has 0 aliphatic carbocycles. The van der Waals surface area contributed by atoms with Gasteiger partial charge in [0.05, 0.1) is 14.2 Å². The number of hydrogen-bond acceptors (Lipinski definition) is 6. The topological polar surface area (TPSA) is 74.3 Å². The molecule has 7 nitrogen and oxygen atoms in total. The first-order valence-electron chi connectivity index (χ1n) is 8.64. The average molecular weight is 391 g/mol. The van der Waals surface area contributed by atoms with Crippen molar-refractivity contribution in [1.29, 1.82) is 0 Å². The number of rotatable bonds is 5. The predicted octanol–water partition coefficient (Wildman–Crippen LogP) is 2.61. The Labute approximate surface area is 158 Å².